The van der Waals surface area contributed by atoms with E-state index in [1.165, 1.54) is 11.3 Å². The molecule has 5 nitrogen and oxygen atoms in total. The maximum atomic E-state index is 12.1. The van der Waals surface area contributed by atoms with Crippen LogP contribution in [0.2, 0.25) is 0 Å². The quantitative estimate of drug-likeness (QED) is 0.671. The van der Waals surface area contributed by atoms with Crippen LogP contribution in [0, 0.1) is 0 Å². The molecule has 0 bridgehead atoms. The summed E-state index contributed by atoms with van der Waals surface area (Å²) >= 11 is 3.09. The van der Waals surface area contributed by atoms with Gasteiger partial charge in [-0.3, -0.25) is 4.79 Å². The molecule has 0 aliphatic carbocycles. The fourth-order valence-electron chi connectivity index (χ4n) is 2.20. The van der Waals surface area contributed by atoms with Gasteiger partial charge in [0.15, 0.2) is 9.84 Å². The number of sulfone groups is 1. The molecule has 130 valence electrons. The molecular weight excluding hydrogens is 376 g/mol. The van der Waals surface area contributed by atoms with Crippen LogP contribution < -0.4 is 5.32 Å². The van der Waals surface area contributed by atoms with Crippen molar-refractivity contribution in [3.63, 3.8) is 0 Å². The van der Waals surface area contributed by atoms with Crippen LogP contribution in [0.1, 0.15) is 5.69 Å². The van der Waals surface area contributed by atoms with Crippen LogP contribution in [0.4, 0.5) is 0 Å². The molecule has 1 amide bonds. The molecule has 0 radical (unpaired) electrons. The van der Waals surface area contributed by atoms with Crippen LogP contribution in [-0.2, 0) is 21.1 Å². The Labute approximate surface area is 154 Å². The Morgan fingerprint density at radius 3 is 2.64 bits per heavy atom. The van der Waals surface area contributed by atoms with Gasteiger partial charge in [0.2, 0.25) is 5.91 Å². The molecule has 0 spiro atoms. The zero-order valence-electron chi connectivity index (χ0n) is 13.2. The van der Waals surface area contributed by atoms with Crippen LogP contribution in [0.3, 0.4) is 0 Å². The first-order valence-electron chi connectivity index (χ1n) is 7.56. The van der Waals surface area contributed by atoms with Gasteiger partial charge in [0.25, 0.3) is 0 Å². The number of nitrogens with zero attached hydrogens (tertiary/aromatic N) is 1. The van der Waals surface area contributed by atoms with Crippen molar-refractivity contribution in [2.75, 3.05) is 12.3 Å². The van der Waals surface area contributed by atoms with E-state index in [4.69, 9.17) is 0 Å². The maximum Gasteiger partial charge on any atom is 0.226 e. The fourth-order valence-corrected chi connectivity index (χ4v) is 4.91. The van der Waals surface area contributed by atoms with Gasteiger partial charge in [0.1, 0.15) is 5.01 Å². The number of rotatable bonds is 7. The number of aromatic nitrogens is 1. The van der Waals surface area contributed by atoms with Gasteiger partial charge in [0, 0.05) is 22.9 Å². The SMILES string of the molecule is O=C(Cc1csc(-c2ccsc2)n1)NCCS(=O)(=O)c1ccccc1. The summed E-state index contributed by atoms with van der Waals surface area (Å²) in [5.74, 6) is -0.356. The Kier molecular flexibility index (Phi) is 5.62. The highest BCUT2D eigenvalue weighted by Gasteiger charge is 2.15. The first-order valence-corrected chi connectivity index (χ1v) is 11.0. The molecule has 0 fully saturated rings. The molecule has 3 aromatic rings. The Morgan fingerprint density at radius 2 is 1.92 bits per heavy atom. The molecule has 2 aromatic heterocycles. The number of hydrogen-bond donors (Lipinski definition) is 1. The number of benzene rings is 1. The van der Waals surface area contributed by atoms with Gasteiger partial charge in [-0.05, 0) is 23.6 Å². The summed E-state index contributed by atoms with van der Waals surface area (Å²) in [6, 6.07) is 10.2. The maximum absolute atomic E-state index is 12.1. The lowest BCUT2D eigenvalue weighted by Gasteiger charge is -2.06. The largest absolute Gasteiger partial charge is 0.355 e. The van der Waals surface area contributed by atoms with E-state index in [0.717, 1.165) is 10.6 Å². The van der Waals surface area contributed by atoms with Crippen molar-refractivity contribution < 1.29 is 13.2 Å². The summed E-state index contributed by atoms with van der Waals surface area (Å²) in [6.45, 7) is 0.0809. The minimum Gasteiger partial charge on any atom is -0.355 e. The Balaban J connectivity index is 1.50. The zero-order valence-corrected chi connectivity index (χ0v) is 15.7. The van der Waals surface area contributed by atoms with Crippen LogP contribution >= 0.6 is 22.7 Å². The Bertz CT molecular complexity index is 933. The first kappa shape index (κ1) is 17.8. The Hall–Kier alpha value is -2.03. The van der Waals surface area contributed by atoms with Crippen molar-refractivity contribution in [1.82, 2.24) is 10.3 Å². The lowest BCUT2D eigenvalue weighted by Crippen LogP contribution is -2.30. The monoisotopic (exact) mass is 392 g/mol. The molecule has 2 heterocycles. The van der Waals surface area contributed by atoms with E-state index in [2.05, 4.69) is 10.3 Å². The summed E-state index contributed by atoms with van der Waals surface area (Å²) in [6.07, 6.45) is 0.145. The average Bonchev–Trinajstić information content (AvgIpc) is 3.27. The third-order valence-corrected chi connectivity index (χ3v) is 6.81. The molecule has 25 heavy (non-hydrogen) atoms. The predicted molar refractivity (Wildman–Crippen MR) is 101 cm³/mol. The fraction of sp³-hybridized carbons (Fsp3) is 0.176. The van der Waals surface area contributed by atoms with Crippen molar-refractivity contribution >= 4 is 38.4 Å². The zero-order chi connectivity index (χ0) is 17.7. The van der Waals surface area contributed by atoms with E-state index in [9.17, 15) is 13.2 Å². The second kappa shape index (κ2) is 7.90. The number of carbonyl (C=O) groups is 1. The number of nitrogens with one attached hydrogen (secondary N) is 1. The lowest BCUT2D eigenvalue weighted by atomic mass is 10.3. The highest BCUT2D eigenvalue weighted by Crippen LogP contribution is 2.25. The number of thiazole rings is 1. The van der Waals surface area contributed by atoms with Crippen LogP contribution in [0.25, 0.3) is 10.6 Å². The summed E-state index contributed by atoms with van der Waals surface area (Å²) < 4.78 is 24.3. The molecule has 0 atom stereocenters. The van der Waals surface area contributed by atoms with Crippen molar-refractivity contribution in [2.45, 2.75) is 11.3 Å². The molecular formula is C17H16N2O3S3. The van der Waals surface area contributed by atoms with Crippen molar-refractivity contribution in [1.29, 1.82) is 0 Å². The van der Waals surface area contributed by atoms with E-state index in [1.807, 2.05) is 22.2 Å². The summed E-state index contributed by atoms with van der Waals surface area (Å²) in [5, 5.41) is 9.38. The first-order chi connectivity index (χ1) is 12.0. The van der Waals surface area contributed by atoms with E-state index < -0.39 is 9.84 Å². The summed E-state index contributed by atoms with van der Waals surface area (Å²) in [5.41, 5.74) is 1.74. The van der Waals surface area contributed by atoms with E-state index >= 15 is 0 Å². The molecule has 1 aromatic carbocycles. The van der Waals surface area contributed by atoms with Gasteiger partial charge >= 0.3 is 0 Å². The molecule has 1 N–H and O–H groups in total. The molecule has 0 unspecified atom stereocenters. The minimum atomic E-state index is -3.38. The molecule has 0 saturated carbocycles. The normalized spacial score (nSPS) is 11.4. The lowest BCUT2D eigenvalue weighted by molar-refractivity contribution is -0.120. The Morgan fingerprint density at radius 1 is 1.12 bits per heavy atom. The molecule has 8 heteroatoms. The standard InChI is InChI=1S/C17H16N2O3S3/c20-16(10-14-12-24-17(19-14)13-6-8-23-11-13)18-7-9-25(21,22)15-4-2-1-3-5-15/h1-6,8,11-12H,7,9-10H2,(H,18,20). The van der Waals surface area contributed by atoms with Gasteiger partial charge < -0.3 is 5.32 Å². The molecule has 3 rings (SSSR count). The van der Waals surface area contributed by atoms with Gasteiger partial charge in [-0.1, -0.05) is 18.2 Å². The van der Waals surface area contributed by atoms with Crippen molar-refractivity contribution in [2.24, 2.45) is 0 Å². The number of amides is 1. The predicted octanol–water partition coefficient (Wildman–Crippen LogP) is 3.00. The van der Waals surface area contributed by atoms with Crippen molar-refractivity contribution in [3.8, 4) is 10.6 Å². The summed E-state index contributed by atoms with van der Waals surface area (Å²) in [4.78, 5) is 16.7. The summed E-state index contributed by atoms with van der Waals surface area (Å²) in [7, 11) is -3.38. The third kappa shape index (κ3) is 4.75. The van der Waals surface area contributed by atoms with Crippen molar-refractivity contribution in [3.05, 3.63) is 58.2 Å². The van der Waals surface area contributed by atoms with E-state index in [1.54, 1.807) is 41.7 Å². The van der Waals surface area contributed by atoms with E-state index in [-0.39, 0.29) is 29.5 Å². The van der Waals surface area contributed by atoms with Crippen LogP contribution in [0.15, 0.2) is 57.4 Å². The molecule has 0 aliphatic heterocycles. The molecule has 0 aliphatic rings. The third-order valence-electron chi connectivity index (χ3n) is 3.46. The highest BCUT2D eigenvalue weighted by molar-refractivity contribution is 7.91. The number of carbonyl (C=O) groups excluding carboxylic acids is 1. The average molecular weight is 393 g/mol. The number of thiophene rings is 1. The van der Waals surface area contributed by atoms with Gasteiger partial charge in [-0.2, -0.15) is 11.3 Å². The topological polar surface area (TPSA) is 76.1 Å². The van der Waals surface area contributed by atoms with Gasteiger partial charge in [-0.15, -0.1) is 11.3 Å². The van der Waals surface area contributed by atoms with Crippen LogP contribution in [-0.4, -0.2) is 31.6 Å². The van der Waals surface area contributed by atoms with Gasteiger partial charge in [-0.25, -0.2) is 13.4 Å². The second-order valence-electron chi connectivity index (χ2n) is 5.31. The second-order valence-corrected chi connectivity index (χ2v) is 9.06. The van der Waals surface area contributed by atoms with Crippen LogP contribution in [0.5, 0.6) is 0 Å². The number of hydrogen-bond acceptors (Lipinski definition) is 6. The van der Waals surface area contributed by atoms with E-state index in [0.29, 0.717) is 5.69 Å². The van der Waals surface area contributed by atoms with Gasteiger partial charge in [0.05, 0.1) is 22.8 Å². The minimum absolute atomic E-state index is 0.0809. The highest BCUT2D eigenvalue weighted by atomic mass is 32.2. The molecule has 0 saturated heterocycles. The smallest absolute Gasteiger partial charge is 0.226 e.